The topological polar surface area (TPSA) is 83.5 Å². The van der Waals surface area contributed by atoms with Crippen LogP contribution < -0.4 is 4.72 Å². The number of sulfonamides is 1. The van der Waals surface area contributed by atoms with Gasteiger partial charge in [0.2, 0.25) is 0 Å². The minimum Gasteiger partial charge on any atom is -0.478 e. The number of nitrogens with one attached hydrogen (secondary N) is 1. The standard InChI is InChI=1S/C12H9F2NO4S2/c1-6-2-9(14)10(4-8(6)13)15-21(18,19)11-3-7(5-20-11)12(16)17/h2-5,15H,1H3,(H,16,17). The second-order valence-corrected chi connectivity index (χ2v) is 6.97. The molecule has 0 unspecified atom stereocenters. The van der Waals surface area contributed by atoms with Crippen LogP contribution in [0.2, 0.25) is 0 Å². The van der Waals surface area contributed by atoms with Crippen molar-refractivity contribution >= 4 is 33.0 Å². The number of carbonyl (C=O) groups is 1. The molecule has 1 heterocycles. The van der Waals surface area contributed by atoms with Crippen LogP contribution in [-0.2, 0) is 10.0 Å². The number of anilines is 1. The smallest absolute Gasteiger partial charge is 0.336 e. The molecule has 112 valence electrons. The number of carboxylic acid groups (broad SMARTS) is 1. The Kier molecular flexibility index (Phi) is 3.97. The molecule has 1 aromatic heterocycles. The summed E-state index contributed by atoms with van der Waals surface area (Å²) in [6.07, 6.45) is 0. The Balaban J connectivity index is 2.37. The average molecular weight is 333 g/mol. The monoisotopic (exact) mass is 333 g/mol. The molecule has 2 N–H and O–H groups in total. The lowest BCUT2D eigenvalue weighted by molar-refractivity contribution is 0.0697. The van der Waals surface area contributed by atoms with Crippen LogP contribution in [0, 0.1) is 18.6 Å². The van der Waals surface area contributed by atoms with Gasteiger partial charge in [0, 0.05) is 11.4 Å². The largest absolute Gasteiger partial charge is 0.478 e. The van der Waals surface area contributed by atoms with Crippen molar-refractivity contribution in [1.82, 2.24) is 0 Å². The van der Waals surface area contributed by atoms with Gasteiger partial charge in [-0.25, -0.2) is 22.0 Å². The van der Waals surface area contributed by atoms with Gasteiger partial charge in [0.1, 0.15) is 15.8 Å². The van der Waals surface area contributed by atoms with Crippen molar-refractivity contribution in [1.29, 1.82) is 0 Å². The number of halogens is 2. The van der Waals surface area contributed by atoms with Gasteiger partial charge in [0.25, 0.3) is 10.0 Å². The average Bonchev–Trinajstić information content (AvgIpc) is 2.86. The highest BCUT2D eigenvalue weighted by molar-refractivity contribution is 7.94. The minimum atomic E-state index is -4.18. The fraction of sp³-hybridized carbons (Fsp3) is 0.0833. The number of hydrogen-bond donors (Lipinski definition) is 2. The molecule has 0 spiro atoms. The maximum absolute atomic E-state index is 13.6. The van der Waals surface area contributed by atoms with Crippen molar-refractivity contribution in [3.05, 3.63) is 46.3 Å². The summed E-state index contributed by atoms with van der Waals surface area (Å²) in [4.78, 5) is 10.7. The SMILES string of the molecule is Cc1cc(F)c(NS(=O)(=O)c2cc(C(=O)O)cs2)cc1F. The van der Waals surface area contributed by atoms with Gasteiger partial charge in [-0.1, -0.05) is 0 Å². The zero-order valence-electron chi connectivity index (χ0n) is 10.6. The van der Waals surface area contributed by atoms with Gasteiger partial charge in [-0.15, -0.1) is 11.3 Å². The number of rotatable bonds is 4. The first-order valence-electron chi connectivity index (χ1n) is 5.51. The Morgan fingerprint density at radius 1 is 1.24 bits per heavy atom. The first-order chi connectivity index (χ1) is 9.70. The maximum atomic E-state index is 13.6. The first kappa shape index (κ1) is 15.4. The van der Waals surface area contributed by atoms with Crippen LogP contribution in [0.25, 0.3) is 0 Å². The summed E-state index contributed by atoms with van der Waals surface area (Å²) in [6, 6.07) is 2.54. The molecule has 0 aliphatic rings. The van der Waals surface area contributed by atoms with E-state index < -0.39 is 33.3 Å². The van der Waals surface area contributed by atoms with Crippen LogP contribution in [0.1, 0.15) is 15.9 Å². The van der Waals surface area contributed by atoms with Gasteiger partial charge in [0.15, 0.2) is 0 Å². The normalized spacial score (nSPS) is 11.4. The predicted molar refractivity (Wildman–Crippen MR) is 73.2 cm³/mol. The first-order valence-corrected chi connectivity index (χ1v) is 7.87. The van der Waals surface area contributed by atoms with Crippen molar-refractivity contribution in [2.75, 3.05) is 4.72 Å². The molecule has 0 bridgehead atoms. The lowest BCUT2D eigenvalue weighted by atomic mass is 10.2. The Morgan fingerprint density at radius 3 is 2.48 bits per heavy atom. The molecule has 0 saturated heterocycles. The molecule has 0 amide bonds. The van der Waals surface area contributed by atoms with Crippen LogP contribution in [0.4, 0.5) is 14.5 Å². The third kappa shape index (κ3) is 3.19. The highest BCUT2D eigenvalue weighted by atomic mass is 32.2. The van der Waals surface area contributed by atoms with Gasteiger partial charge >= 0.3 is 5.97 Å². The van der Waals surface area contributed by atoms with Gasteiger partial charge in [-0.05, 0) is 24.6 Å². The fourth-order valence-electron chi connectivity index (χ4n) is 1.49. The Bertz CT molecular complexity index is 815. The summed E-state index contributed by atoms with van der Waals surface area (Å²) in [6.45, 7) is 1.34. The highest BCUT2D eigenvalue weighted by Gasteiger charge is 2.21. The molecule has 5 nitrogen and oxygen atoms in total. The van der Waals surface area contributed by atoms with E-state index in [4.69, 9.17) is 5.11 Å². The van der Waals surface area contributed by atoms with Gasteiger partial charge in [-0.2, -0.15) is 0 Å². The number of aryl methyl sites for hydroxylation is 1. The van der Waals surface area contributed by atoms with Crippen molar-refractivity contribution in [2.45, 2.75) is 11.1 Å². The molecule has 0 aliphatic carbocycles. The van der Waals surface area contributed by atoms with E-state index in [1.54, 1.807) is 0 Å². The maximum Gasteiger partial charge on any atom is 0.336 e. The third-order valence-electron chi connectivity index (χ3n) is 2.58. The summed E-state index contributed by atoms with van der Waals surface area (Å²) in [5.74, 6) is -2.96. The molecule has 0 fully saturated rings. The minimum absolute atomic E-state index is 0.0414. The molecule has 0 atom stereocenters. The number of hydrogen-bond acceptors (Lipinski definition) is 4. The van der Waals surface area contributed by atoms with E-state index in [0.29, 0.717) is 11.3 Å². The van der Waals surface area contributed by atoms with Crippen LogP contribution >= 0.6 is 11.3 Å². The van der Waals surface area contributed by atoms with E-state index in [0.717, 1.165) is 23.6 Å². The molecule has 21 heavy (non-hydrogen) atoms. The molecule has 9 heteroatoms. The van der Waals surface area contributed by atoms with Gasteiger partial charge < -0.3 is 5.11 Å². The van der Waals surface area contributed by atoms with E-state index in [1.165, 1.54) is 6.92 Å². The third-order valence-corrected chi connectivity index (χ3v) is 5.38. The van der Waals surface area contributed by atoms with Crippen LogP contribution in [-0.4, -0.2) is 19.5 Å². The molecule has 2 aromatic rings. The highest BCUT2D eigenvalue weighted by Crippen LogP contribution is 2.25. The lowest BCUT2D eigenvalue weighted by Gasteiger charge is -2.08. The summed E-state index contributed by atoms with van der Waals surface area (Å²) in [5.41, 5.74) is -0.695. The lowest BCUT2D eigenvalue weighted by Crippen LogP contribution is -2.13. The van der Waals surface area contributed by atoms with Crippen molar-refractivity contribution in [3.8, 4) is 0 Å². The summed E-state index contributed by atoms with van der Waals surface area (Å²) in [7, 11) is -4.18. The van der Waals surface area contributed by atoms with E-state index in [-0.39, 0.29) is 15.3 Å². The second kappa shape index (κ2) is 5.41. The van der Waals surface area contributed by atoms with Crippen LogP contribution in [0.5, 0.6) is 0 Å². The van der Waals surface area contributed by atoms with Crippen LogP contribution in [0.3, 0.4) is 0 Å². The van der Waals surface area contributed by atoms with Crippen molar-refractivity contribution in [2.24, 2.45) is 0 Å². The Hall–Kier alpha value is -2.00. The number of aromatic carboxylic acids is 1. The molecule has 1 aromatic carbocycles. The summed E-state index contributed by atoms with van der Waals surface area (Å²) < 4.78 is 52.6. The zero-order valence-corrected chi connectivity index (χ0v) is 12.2. The zero-order chi connectivity index (χ0) is 15.8. The van der Waals surface area contributed by atoms with Gasteiger partial charge in [0.05, 0.1) is 11.3 Å². The molecule has 0 radical (unpaired) electrons. The van der Waals surface area contributed by atoms with Crippen LogP contribution in [0.15, 0.2) is 27.8 Å². The molecule has 0 aliphatic heterocycles. The van der Waals surface area contributed by atoms with Crippen molar-refractivity contribution in [3.63, 3.8) is 0 Å². The number of benzene rings is 1. The van der Waals surface area contributed by atoms with Gasteiger partial charge in [-0.3, -0.25) is 4.72 Å². The Morgan fingerprint density at radius 2 is 1.90 bits per heavy atom. The second-order valence-electron chi connectivity index (χ2n) is 4.15. The quantitative estimate of drug-likeness (QED) is 0.901. The number of thiophene rings is 1. The summed E-state index contributed by atoms with van der Waals surface area (Å²) >= 11 is 0.670. The molecule has 0 saturated carbocycles. The van der Waals surface area contributed by atoms with Crippen molar-refractivity contribution < 1.29 is 27.1 Å². The molecule has 2 rings (SSSR count). The fourth-order valence-corrected chi connectivity index (χ4v) is 3.70. The summed E-state index contributed by atoms with van der Waals surface area (Å²) in [5, 5.41) is 9.89. The Labute approximate surface area is 122 Å². The van der Waals surface area contributed by atoms with E-state index >= 15 is 0 Å². The predicted octanol–water partition coefficient (Wildman–Crippen LogP) is 2.83. The molecular formula is C12H9F2NO4S2. The van der Waals surface area contributed by atoms with E-state index in [9.17, 15) is 22.0 Å². The molecular weight excluding hydrogens is 324 g/mol. The number of carboxylic acids is 1. The van der Waals surface area contributed by atoms with E-state index in [1.807, 2.05) is 4.72 Å². The van der Waals surface area contributed by atoms with E-state index in [2.05, 4.69) is 0 Å².